The topological polar surface area (TPSA) is 47.0 Å². The van der Waals surface area contributed by atoms with Crippen LogP contribution in [0.25, 0.3) is 0 Å². The van der Waals surface area contributed by atoms with Gasteiger partial charge in [0.2, 0.25) is 0 Å². The number of anilines is 1. The lowest BCUT2D eigenvalue weighted by Crippen LogP contribution is -2.21. The van der Waals surface area contributed by atoms with Crippen LogP contribution in [0.5, 0.6) is 6.01 Å². The van der Waals surface area contributed by atoms with Gasteiger partial charge in [-0.15, -0.1) is 0 Å². The van der Waals surface area contributed by atoms with Crippen LogP contribution in [0.15, 0.2) is 6.20 Å². The van der Waals surface area contributed by atoms with Crippen LogP contribution in [0.2, 0.25) is 5.02 Å². The molecule has 1 fully saturated rings. The zero-order valence-electron chi connectivity index (χ0n) is 10.8. The summed E-state index contributed by atoms with van der Waals surface area (Å²) in [7, 11) is 1.56. The minimum Gasteiger partial charge on any atom is -0.467 e. The molecule has 0 atom stereocenters. The average molecular weight is 270 g/mol. The Morgan fingerprint density at radius 2 is 1.89 bits per heavy atom. The first-order valence-electron chi connectivity index (χ1n) is 6.62. The third kappa shape index (κ3) is 3.73. The molecule has 18 heavy (non-hydrogen) atoms. The van der Waals surface area contributed by atoms with Crippen LogP contribution < -0.4 is 10.1 Å². The van der Waals surface area contributed by atoms with Gasteiger partial charge in [-0.1, -0.05) is 43.7 Å². The number of ether oxygens (including phenoxy) is 1. The summed E-state index contributed by atoms with van der Waals surface area (Å²) in [6.45, 7) is 0. The predicted molar refractivity (Wildman–Crippen MR) is 73.3 cm³/mol. The summed E-state index contributed by atoms with van der Waals surface area (Å²) in [5, 5.41) is 3.98. The van der Waals surface area contributed by atoms with E-state index in [1.165, 1.54) is 44.9 Å². The molecule has 1 N–H and O–H groups in total. The van der Waals surface area contributed by atoms with Gasteiger partial charge in [0.05, 0.1) is 13.3 Å². The first-order chi connectivity index (χ1) is 8.79. The Balaban J connectivity index is 2.02. The SMILES string of the molecule is COc1ncc(Cl)c(NC2CCCCCCC2)n1. The Hall–Kier alpha value is -1.03. The van der Waals surface area contributed by atoms with Gasteiger partial charge in [0.1, 0.15) is 5.02 Å². The van der Waals surface area contributed by atoms with E-state index in [0.29, 0.717) is 22.9 Å². The van der Waals surface area contributed by atoms with E-state index in [9.17, 15) is 0 Å². The number of hydrogen-bond donors (Lipinski definition) is 1. The van der Waals surface area contributed by atoms with Crippen molar-refractivity contribution in [2.24, 2.45) is 0 Å². The van der Waals surface area contributed by atoms with Gasteiger partial charge in [-0.2, -0.15) is 4.98 Å². The number of nitrogens with zero attached hydrogens (tertiary/aromatic N) is 2. The van der Waals surface area contributed by atoms with Gasteiger partial charge >= 0.3 is 6.01 Å². The Morgan fingerprint density at radius 3 is 2.56 bits per heavy atom. The fourth-order valence-electron chi connectivity index (χ4n) is 2.34. The van der Waals surface area contributed by atoms with Gasteiger partial charge in [0, 0.05) is 6.04 Å². The first-order valence-corrected chi connectivity index (χ1v) is 7.00. The van der Waals surface area contributed by atoms with Gasteiger partial charge in [-0.25, -0.2) is 4.98 Å². The van der Waals surface area contributed by atoms with Gasteiger partial charge in [0.15, 0.2) is 5.82 Å². The van der Waals surface area contributed by atoms with Crippen molar-refractivity contribution in [2.75, 3.05) is 12.4 Å². The number of halogens is 1. The Kier molecular flexibility index (Phi) is 5.05. The second-order valence-electron chi connectivity index (χ2n) is 4.74. The molecule has 1 saturated carbocycles. The molecular weight excluding hydrogens is 250 g/mol. The molecule has 0 radical (unpaired) electrons. The van der Waals surface area contributed by atoms with Crippen molar-refractivity contribution in [1.29, 1.82) is 0 Å². The number of nitrogens with one attached hydrogen (secondary N) is 1. The highest BCUT2D eigenvalue weighted by atomic mass is 35.5. The number of rotatable bonds is 3. The van der Waals surface area contributed by atoms with E-state index < -0.39 is 0 Å². The quantitative estimate of drug-likeness (QED) is 0.910. The highest BCUT2D eigenvalue weighted by molar-refractivity contribution is 6.32. The molecule has 0 bridgehead atoms. The lowest BCUT2D eigenvalue weighted by molar-refractivity contribution is 0.380. The summed E-state index contributed by atoms with van der Waals surface area (Å²) in [5.41, 5.74) is 0. The summed E-state index contributed by atoms with van der Waals surface area (Å²) in [6, 6.07) is 0.815. The molecule has 1 aromatic heterocycles. The molecular formula is C13H20ClN3O. The summed E-state index contributed by atoms with van der Waals surface area (Å²) in [4.78, 5) is 8.24. The molecule has 0 unspecified atom stereocenters. The minimum absolute atomic E-state index is 0.354. The minimum atomic E-state index is 0.354. The Morgan fingerprint density at radius 1 is 1.22 bits per heavy atom. The van der Waals surface area contributed by atoms with E-state index in [4.69, 9.17) is 16.3 Å². The van der Waals surface area contributed by atoms with Crippen molar-refractivity contribution in [3.05, 3.63) is 11.2 Å². The smallest absolute Gasteiger partial charge is 0.318 e. The molecule has 2 rings (SSSR count). The van der Waals surface area contributed by atoms with Crippen molar-refractivity contribution >= 4 is 17.4 Å². The van der Waals surface area contributed by atoms with Crippen molar-refractivity contribution in [1.82, 2.24) is 9.97 Å². The predicted octanol–water partition coefficient (Wildman–Crippen LogP) is 3.66. The van der Waals surface area contributed by atoms with Crippen LogP contribution in [0.4, 0.5) is 5.82 Å². The molecule has 5 heteroatoms. The second kappa shape index (κ2) is 6.78. The van der Waals surface area contributed by atoms with Crippen LogP contribution >= 0.6 is 11.6 Å². The van der Waals surface area contributed by atoms with Crippen molar-refractivity contribution < 1.29 is 4.74 Å². The van der Waals surface area contributed by atoms with E-state index >= 15 is 0 Å². The summed E-state index contributed by atoms with van der Waals surface area (Å²) in [6.07, 6.45) is 10.5. The molecule has 0 saturated heterocycles. The first kappa shape index (κ1) is 13.4. The molecule has 100 valence electrons. The van der Waals surface area contributed by atoms with E-state index in [0.717, 1.165) is 0 Å². The van der Waals surface area contributed by atoms with Gasteiger partial charge in [-0.05, 0) is 12.8 Å². The van der Waals surface area contributed by atoms with Crippen LogP contribution in [-0.2, 0) is 0 Å². The molecule has 4 nitrogen and oxygen atoms in total. The van der Waals surface area contributed by atoms with Crippen LogP contribution in [0.1, 0.15) is 44.9 Å². The third-order valence-electron chi connectivity index (χ3n) is 3.35. The van der Waals surface area contributed by atoms with E-state index in [1.807, 2.05) is 0 Å². The molecule has 0 amide bonds. The fourth-order valence-corrected chi connectivity index (χ4v) is 2.49. The average Bonchev–Trinajstić information content (AvgIpc) is 2.35. The number of hydrogen-bond acceptors (Lipinski definition) is 4. The fraction of sp³-hybridized carbons (Fsp3) is 0.692. The molecule has 1 heterocycles. The van der Waals surface area contributed by atoms with Crippen LogP contribution in [0, 0.1) is 0 Å². The summed E-state index contributed by atoms with van der Waals surface area (Å²) in [5.74, 6) is 0.689. The van der Waals surface area contributed by atoms with Gasteiger partial charge in [-0.3, -0.25) is 0 Å². The maximum Gasteiger partial charge on any atom is 0.318 e. The van der Waals surface area contributed by atoms with Gasteiger partial charge in [0.25, 0.3) is 0 Å². The molecule has 0 aromatic carbocycles. The maximum absolute atomic E-state index is 6.10. The molecule has 1 aliphatic carbocycles. The zero-order chi connectivity index (χ0) is 12.8. The Bertz CT molecular complexity index is 378. The normalized spacial score (nSPS) is 17.9. The summed E-state index contributed by atoms with van der Waals surface area (Å²) < 4.78 is 5.02. The number of aromatic nitrogens is 2. The second-order valence-corrected chi connectivity index (χ2v) is 5.15. The highest BCUT2D eigenvalue weighted by Crippen LogP contribution is 2.25. The monoisotopic (exact) mass is 269 g/mol. The standard InChI is InChI=1S/C13H20ClN3O/c1-18-13-15-9-11(14)12(17-13)16-10-7-5-3-2-4-6-8-10/h9-10H,2-8H2,1H3,(H,15,16,17). The number of methoxy groups -OCH3 is 1. The zero-order valence-corrected chi connectivity index (χ0v) is 11.5. The molecule has 0 aliphatic heterocycles. The largest absolute Gasteiger partial charge is 0.467 e. The molecule has 1 aromatic rings. The van der Waals surface area contributed by atoms with Crippen molar-refractivity contribution in [2.45, 2.75) is 51.0 Å². The molecule has 1 aliphatic rings. The summed E-state index contributed by atoms with van der Waals surface area (Å²) >= 11 is 6.10. The van der Waals surface area contributed by atoms with E-state index in [1.54, 1.807) is 13.3 Å². The van der Waals surface area contributed by atoms with Crippen molar-refractivity contribution in [3.63, 3.8) is 0 Å². The maximum atomic E-state index is 6.10. The highest BCUT2D eigenvalue weighted by Gasteiger charge is 2.14. The lowest BCUT2D eigenvalue weighted by Gasteiger charge is -2.22. The van der Waals surface area contributed by atoms with E-state index in [2.05, 4.69) is 15.3 Å². The Labute approximate surface area is 113 Å². The third-order valence-corrected chi connectivity index (χ3v) is 3.63. The van der Waals surface area contributed by atoms with Crippen LogP contribution in [-0.4, -0.2) is 23.1 Å². The lowest BCUT2D eigenvalue weighted by atomic mass is 9.97. The molecule has 0 spiro atoms. The van der Waals surface area contributed by atoms with Crippen molar-refractivity contribution in [3.8, 4) is 6.01 Å². The van der Waals surface area contributed by atoms with Crippen LogP contribution in [0.3, 0.4) is 0 Å². The van der Waals surface area contributed by atoms with E-state index in [-0.39, 0.29) is 0 Å². The van der Waals surface area contributed by atoms with Gasteiger partial charge < -0.3 is 10.1 Å².